The van der Waals surface area contributed by atoms with E-state index in [4.69, 9.17) is 4.74 Å². The van der Waals surface area contributed by atoms with Crippen molar-refractivity contribution in [1.82, 2.24) is 0 Å². The molecule has 21 heavy (non-hydrogen) atoms. The van der Waals surface area contributed by atoms with Crippen molar-refractivity contribution in [1.29, 1.82) is 0 Å². The van der Waals surface area contributed by atoms with Crippen LogP contribution in [0.1, 0.15) is 17.3 Å². The SMILES string of the molecule is CCOc1ccc(NC(=O)c2cc(S)ccc2F)cc1F. The van der Waals surface area contributed by atoms with E-state index >= 15 is 0 Å². The van der Waals surface area contributed by atoms with Crippen LogP contribution in [0.15, 0.2) is 41.3 Å². The topological polar surface area (TPSA) is 38.3 Å². The Morgan fingerprint density at radius 1 is 1.19 bits per heavy atom. The van der Waals surface area contributed by atoms with E-state index < -0.39 is 17.5 Å². The maximum absolute atomic E-state index is 13.7. The van der Waals surface area contributed by atoms with Crippen molar-refractivity contribution in [2.24, 2.45) is 0 Å². The quantitative estimate of drug-likeness (QED) is 0.841. The molecule has 0 atom stereocenters. The van der Waals surface area contributed by atoms with E-state index in [0.717, 1.165) is 12.1 Å². The highest BCUT2D eigenvalue weighted by Crippen LogP contribution is 2.22. The van der Waals surface area contributed by atoms with Crippen LogP contribution in [0.5, 0.6) is 5.75 Å². The Bertz CT molecular complexity index is 677. The summed E-state index contributed by atoms with van der Waals surface area (Å²) in [7, 11) is 0. The standard InChI is InChI=1S/C15H13F2NO2S/c1-2-20-14-6-3-9(7-13(14)17)18-15(19)11-8-10(21)4-5-12(11)16/h3-8,21H,2H2,1H3,(H,18,19). The molecule has 0 fully saturated rings. The third-order valence-electron chi connectivity index (χ3n) is 2.68. The molecule has 0 aliphatic rings. The molecule has 0 aromatic heterocycles. The van der Waals surface area contributed by atoms with Gasteiger partial charge in [-0.1, -0.05) is 0 Å². The zero-order valence-corrected chi connectivity index (χ0v) is 12.1. The van der Waals surface area contributed by atoms with E-state index in [-0.39, 0.29) is 17.0 Å². The van der Waals surface area contributed by atoms with Gasteiger partial charge >= 0.3 is 0 Å². The first-order chi connectivity index (χ1) is 10.0. The van der Waals surface area contributed by atoms with Crippen molar-refractivity contribution in [3.63, 3.8) is 0 Å². The maximum Gasteiger partial charge on any atom is 0.258 e. The number of hydrogen-bond donors (Lipinski definition) is 2. The zero-order chi connectivity index (χ0) is 15.4. The summed E-state index contributed by atoms with van der Waals surface area (Å²) >= 11 is 4.05. The first kappa shape index (κ1) is 15.3. The summed E-state index contributed by atoms with van der Waals surface area (Å²) in [5, 5.41) is 2.43. The molecule has 2 rings (SSSR count). The molecule has 0 aliphatic heterocycles. The molecule has 0 bridgehead atoms. The second-order valence-electron chi connectivity index (χ2n) is 4.20. The molecule has 110 valence electrons. The fourth-order valence-corrected chi connectivity index (χ4v) is 1.94. The second kappa shape index (κ2) is 6.58. The summed E-state index contributed by atoms with van der Waals surface area (Å²) in [5.41, 5.74) is 0.0571. The van der Waals surface area contributed by atoms with Gasteiger partial charge in [-0.15, -0.1) is 12.6 Å². The van der Waals surface area contributed by atoms with Crippen LogP contribution in [0.2, 0.25) is 0 Å². The molecule has 0 saturated heterocycles. The van der Waals surface area contributed by atoms with E-state index in [9.17, 15) is 13.6 Å². The molecule has 3 nitrogen and oxygen atoms in total. The van der Waals surface area contributed by atoms with Crippen molar-refractivity contribution in [2.75, 3.05) is 11.9 Å². The van der Waals surface area contributed by atoms with Gasteiger partial charge in [0.05, 0.1) is 12.2 Å². The van der Waals surface area contributed by atoms with Crippen molar-refractivity contribution >= 4 is 24.2 Å². The van der Waals surface area contributed by atoms with Crippen LogP contribution < -0.4 is 10.1 Å². The van der Waals surface area contributed by atoms with Crippen LogP contribution in [-0.2, 0) is 0 Å². The summed E-state index contributed by atoms with van der Waals surface area (Å²) < 4.78 is 32.3. The number of carbonyl (C=O) groups is 1. The molecule has 0 spiro atoms. The number of benzene rings is 2. The Hall–Kier alpha value is -2.08. The third-order valence-corrected chi connectivity index (χ3v) is 2.96. The smallest absolute Gasteiger partial charge is 0.258 e. The molecule has 2 aromatic rings. The lowest BCUT2D eigenvalue weighted by Crippen LogP contribution is -2.14. The van der Waals surface area contributed by atoms with E-state index in [1.165, 1.54) is 24.3 Å². The van der Waals surface area contributed by atoms with Gasteiger partial charge in [0.25, 0.3) is 5.91 Å². The van der Waals surface area contributed by atoms with Crippen LogP contribution in [0.4, 0.5) is 14.5 Å². The summed E-state index contributed by atoms with van der Waals surface area (Å²) in [6.07, 6.45) is 0. The Morgan fingerprint density at radius 2 is 1.95 bits per heavy atom. The van der Waals surface area contributed by atoms with E-state index in [1.54, 1.807) is 6.92 Å². The fourth-order valence-electron chi connectivity index (χ4n) is 1.74. The average molecular weight is 309 g/mol. The molecule has 1 N–H and O–H groups in total. The largest absolute Gasteiger partial charge is 0.491 e. The second-order valence-corrected chi connectivity index (χ2v) is 4.71. The summed E-state index contributed by atoms with van der Waals surface area (Å²) in [4.78, 5) is 12.4. The monoisotopic (exact) mass is 309 g/mol. The molecule has 0 unspecified atom stereocenters. The van der Waals surface area contributed by atoms with Gasteiger partial charge in [0.15, 0.2) is 11.6 Å². The number of carbonyl (C=O) groups excluding carboxylic acids is 1. The van der Waals surface area contributed by atoms with Crippen LogP contribution >= 0.6 is 12.6 Å². The molecule has 6 heteroatoms. The highest BCUT2D eigenvalue weighted by Gasteiger charge is 2.13. The van der Waals surface area contributed by atoms with E-state index in [1.807, 2.05) is 0 Å². The fraction of sp³-hybridized carbons (Fsp3) is 0.133. The van der Waals surface area contributed by atoms with Crippen molar-refractivity contribution < 1.29 is 18.3 Å². The summed E-state index contributed by atoms with van der Waals surface area (Å²) in [6.45, 7) is 2.07. The van der Waals surface area contributed by atoms with E-state index in [2.05, 4.69) is 17.9 Å². The first-order valence-electron chi connectivity index (χ1n) is 6.23. The predicted molar refractivity (Wildman–Crippen MR) is 79.2 cm³/mol. The minimum Gasteiger partial charge on any atom is -0.491 e. The van der Waals surface area contributed by atoms with Gasteiger partial charge in [0, 0.05) is 16.6 Å². The number of halogens is 2. The molecule has 0 heterocycles. The lowest BCUT2D eigenvalue weighted by atomic mass is 10.2. The third kappa shape index (κ3) is 3.72. The Labute approximate surface area is 126 Å². The van der Waals surface area contributed by atoms with Gasteiger partial charge in [0.1, 0.15) is 5.82 Å². The maximum atomic E-state index is 13.7. The zero-order valence-electron chi connectivity index (χ0n) is 11.2. The van der Waals surface area contributed by atoms with Crippen molar-refractivity contribution in [2.45, 2.75) is 11.8 Å². The summed E-state index contributed by atoms with van der Waals surface area (Å²) in [5.74, 6) is -1.85. The number of ether oxygens (including phenoxy) is 1. The highest BCUT2D eigenvalue weighted by molar-refractivity contribution is 7.80. The predicted octanol–water partition coefficient (Wildman–Crippen LogP) is 3.90. The Balaban J connectivity index is 2.19. The number of hydrogen-bond acceptors (Lipinski definition) is 3. The van der Waals surface area contributed by atoms with Crippen LogP contribution in [0, 0.1) is 11.6 Å². The van der Waals surface area contributed by atoms with Gasteiger partial charge in [-0.05, 0) is 37.3 Å². The molecular formula is C15H13F2NO2S. The first-order valence-corrected chi connectivity index (χ1v) is 6.68. The molecule has 0 radical (unpaired) electrons. The molecule has 2 aromatic carbocycles. The number of amides is 1. The molecule has 0 aliphatic carbocycles. The Kier molecular flexibility index (Phi) is 4.80. The minimum absolute atomic E-state index is 0.0963. The van der Waals surface area contributed by atoms with Gasteiger partial charge in [-0.2, -0.15) is 0 Å². The van der Waals surface area contributed by atoms with Crippen LogP contribution in [0.25, 0.3) is 0 Å². The average Bonchev–Trinajstić information content (AvgIpc) is 2.44. The van der Waals surface area contributed by atoms with Gasteiger partial charge in [-0.3, -0.25) is 4.79 Å². The van der Waals surface area contributed by atoms with Crippen LogP contribution in [-0.4, -0.2) is 12.5 Å². The molecule has 0 saturated carbocycles. The number of thiol groups is 1. The number of anilines is 1. The lowest BCUT2D eigenvalue weighted by Gasteiger charge is -2.09. The minimum atomic E-state index is -0.674. The van der Waals surface area contributed by atoms with Gasteiger partial charge in [-0.25, -0.2) is 8.78 Å². The van der Waals surface area contributed by atoms with Gasteiger partial charge in [0.2, 0.25) is 0 Å². The molecule has 1 amide bonds. The van der Waals surface area contributed by atoms with Crippen molar-refractivity contribution in [3.8, 4) is 5.75 Å². The van der Waals surface area contributed by atoms with E-state index in [0.29, 0.717) is 11.5 Å². The highest BCUT2D eigenvalue weighted by atomic mass is 32.1. The lowest BCUT2D eigenvalue weighted by molar-refractivity contribution is 0.102. The van der Waals surface area contributed by atoms with Gasteiger partial charge < -0.3 is 10.1 Å². The summed E-state index contributed by atoms with van der Waals surface area (Å²) in [6, 6.07) is 7.89. The number of rotatable bonds is 4. The normalized spacial score (nSPS) is 10.3. The van der Waals surface area contributed by atoms with Crippen LogP contribution in [0.3, 0.4) is 0 Å². The Morgan fingerprint density at radius 3 is 2.62 bits per heavy atom. The number of nitrogens with one attached hydrogen (secondary N) is 1. The molecular weight excluding hydrogens is 296 g/mol. The van der Waals surface area contributed by atoms with Crippen molar-refractivity contribution in [3.05, 3.63) is 53.6 Å².